The van der Waals surface area contributed by atoms with Gasteiger partial charge in [-0.2, -0.15) is 0 Å². The van der Waals surface area contributed by atoms with E-state index in [0.717, 1.165) is 0 Å². The van der Waals surface area contributed by atoms with E-state index in [1.807, 2.05) is 0 Å². The molecule has 0 saturated heterocycles. The van der Waals surface area contributed by atoms with Crippen LogP contribution in [0.4, 0.5) is 0 Å². The number of hydrogen-bond donors (Lipinski definition) is 2. The van der Waals surface area contributed by atoms with Crippen LogP contribution < -0.4 is 0 Å². The number of rotatable bonds is 1. The minimum atomic E-state index is -0.940. The van der Waals surface area contributed by atoms with Crippen LogP contribution in [-0.4, -0.2) is 28.7 Å². The minimum Gasteiger partial charge on any atom is -0.386 e. The Morgan fingerprint density at radius 2 is 2.10 bits per heavy atom. The monoisotopic (exact) mass is 140 g/mol. The number of allylic oxidation sites excluding steroid dienone is 2. The number of hydrogen-bond acceptors (Lipinski definition) is 3. The van der Waals surface area contributed by atoms with Crippen LogP contribution in [-0.2, 0) is 4.79 Å². The Labute approximate surface area is 58.3 Å². The molecule has 0 radical (unpaired) electrons. The maximum atomic E-state index is 10.1. The summed E-state index contributed by atoms with van der Waals surface area (Å²) in [6, 6.07) is 0. The molecule has 0 aromatic heterocycles. The summed E-state index contributed by atoms with van der Waals surface area (Å²) in [5.74, 6) is 0. The average molecular weight is 140 g/mol. The fourth-order valence-corrected chi connectivity index (χ4v) is 0.753. The second-order valence-electron chi connectivity index (χ2n) is 2.12. The van der Waals surface area contributed by atoms with E-state index in [1.54, 1.807) is 0 Å². The smallest absolute Gasteiger partial charge is 0.149 e. The first-order chi connectivity index (χ1) is 4.74. The zero-order chi connectivity index (χ0) is 7.56. The topological polar surface area (TPSA) is 57.5 Å². The molecule has 2 unspecified atom stereocenters. The van der Waals surface area contributed by atoms with Gasteiger partial charge in [0.2, 0.25) is 0 Å². The van der Waals surface area contributed by atoms with E-state index in [1.165, 1.54) is 18.2 Å². The lowest BCUT2D eigenvalue weighted by Gasteiger charge is -2.13. The second kappa shape index (κ2) is 2.77. The molecule has 0 amide bonds. The molecule has 0 bridgehead atoms. The first-order valence-electron chi connectivity index (χ1n) is 2.95. The highest BCUT2D eigenvalue weighted by molar-refractivity contribution is 5.78. The quantitative estimate of drug-likeness (QED) is 0.478. The van der Waals surface area contributed by atoms with E-state index in [0.29, 0.717) is 11.9 Å². The van der Waals surface area contributed by atoms with Crippen molar-refractivity contribution < 1.29 is 15.0 Å². The van der Waals surface area contributed by atoms with Crippen LogP contribution in [0.2, 0.25) is 0 Å². The van der Waals surface area contributed by atoms with Crippen molar-refractivity contribution in [3.8, 4) is 0 Å². The molecular weight excluding hydrogens is 132 g/mol. The number of carbonyl (C=O) groups excluding carboxylic acids is 1. The maximum Gasteiger partial charge on any atom is 0.149 e. The molecule has 0 fully saturated rings. The third kappa shape index (κ3) is 1.32. The first-order valence-corrected chi connectivity index (χ1v) is 2.95. The Morgan fingerprint density at radius 1 is 1.40 bits per heavy atom. The Kier molecular flexibility index (Phi) is 1.99. The van der Waals surface area contributed by atoms with Crippen LogP contribution in [0.25, 0.3) is 0 Å². The molecule has 0 saturated carbocycles. The molecule has 1 aliphatic carbocycles. The van der Waals surface area contributed by atoms with Crippen molar-refractivity contribution in [2.45, 2.75) is 12.2 Å². The molecule has 0 aromatic carbocycles. The summed E-state index contributed by atoms with van der Waals surface area (Å²) in [5, 5.41) is 17.8. The largest absolute Gasteiger partial charge is 0.386 e. The van der Waals surface area contributed by atoms with Gasteiger partial charge in [0.1, 0.15) is 18.5 Å². The predicted octanol–water partition coefficient (Wildman–Crippen LogP) is -0.597. The Morgan fingerprint density at radius 3 is 2.60 bits per heavy atom. The normalized spacial score (nSPS) is 31.6. The van der Waals surface area contributed by atoms with Gasteiger partial charge in [0, 0.05) is 5.57 Å². The molecule has 10 heavy (non-hydrogen) atoms. The number of carbonyl (C=O) groups is 1. The molecule has 0 aromatic rings. The summed E-state index contributed by atoms with van der Waals surface area (Å²) in [6.07, 6.45) is 3.00. The summed E-state index contributed by atoms with van der Waals surface area (Å²) in [5.41, 5.74) is 0.401. The third-order valence-electron chi connectivity index (χ3n) is 1.34. The summed E-state index contributed by atoms with van der Waals surface area (Å²) < 4.78 is 0. The molecular formula is C7H8O3. The van der Waals surface area contributed by atoms with Gasteiger partial charge in [0.25, 0.3) is 0 Å². The minimum absolute atomic E-state index is 0.401. The molecule has 3 heteroatoms. The lowest BCUT2D eigenvalue weighted by atomic mass is 10.0. The number of aldehydes is 1. The van der Waals surface area contributed by atoms with Crippen molar-refractivity contribution in [1.29, 1.82) is 0 Å². The van der Waals surface area contributed by atoms with E-state index in [2.05, 4.69) is 0 Å². The van der Waals surface area contributed by atoms with Gasteiger partial charge in [0.05, 0.1) is 0 Å². The fraction of sp³-hybridized carbons (Fsp3) is 0.286. The number of aliphatic hydroxyl groups excluding tert-OH is 2. The van der Waals surface area contributed by atoms with Gasteiger partial charge in [-0.1, -0.05) is 12.2 Å². The Hall–Kier alpha value is -0.930. The summed E-state index contributed by atoms with van der Waals surface area (Å²) >= 11 is 0. The molecule has 1 rings (SSSR count). The molecule has 0 spiro atoms. The zero-order valence-corrected chi connectivity index (χ0v) is 5.27. The second-order valence-corrected chi connectivity index (χ2v) is 2.12. The highest BCUT2D eigenvalue weighted by atomic mass is 16.3. The Bertz CT molecular complexity index is 193. The van der Waals surface area contributed by atoms with Gasteiger partial charge in [0.15, 0.2) is 0 Å². The fourth-order valence-electron chi connectivity index (χ4n) is 0.753. The standard InChI is InChI=1S/C7H8O3/c8-4-5-1-2-6(9)7(10)3-5/h1-4,6-7,9-10H. The molecule has 3 nitrogen and oxygen atoms in total. The van der Waals surface area contributed by atoms with Crippen LogP contribution in [0.5, 0.6) is 0 Å². The van der Waals surface area contributed by atoms with Crippen LogP contribution in [0.1, 0.15) is 0 Å². The summed E-state index contributed by atoms with van der Waals surface area (Å²) in [4.78, 5) is 10.1. The molecule has 2 N–H and O–H groups in total. The van der Waals surface area contributed by atoms with Crippen molar-refractivity contribution in [3.05, 3.63) is 23.8 Å². The lowest BCUT2D eigenvalue weighted by molar-refractivity contribution is -0.104. The predicted molar refractivity (Wildman–Crippen MR) is 35.3 cm³/mol. The lowest BCUT2D eigenvalue weighted by Crippen LogP contribution is -2.24. The molecule has 0 aliphatic heterocycles. The van der Waals surface area contributed by atoms with E-state index in [9.17, 15) is 4.79 Å². The van der Waals surface area contributed by atoms with Crippen LogP contribution >= 0.6 is 0 Å². The van der Waals surface area contributed by atoms with E-state index < -0.39 is 12.2 Å². The van der Waals surface area contributed by atoms with Gasteiger partial charge in [-0.25, -0.2) is 0 Å². The third-order valence-corrected chi connectivity index (χ3v) is 1.34. The van der Waals surface area contributed by atoms with Crippen molar-refractivity contribution in [2.75, 3.05) is 0 Å². The Balaban J connectivity index is 2.75. The molecule has 1 aliphatic rings. The van der Waals surface area contributed by atoms with Gasteiger partial charge in [-0.3, -0.25) is 4.79 Å². The van der Waals surface area contributed by atoms with Crippen molar-refractivity contribution in [2.24, 2.45) is 0 Å². The van der Waals surface area contributed by atoms with E-state index in [4.69, 9.17) is 10.2 Å². The van der Waals surface area contributed by atoms with Gasteiger partial charge >= 0.3 is 0 Å². The molecule has 2 atom stereocenters. The molecule has 0 heterocycles. The highest BCUT2D eigenvalue weighted by Crippen LogP contribution is 2.08. The van der Waals surface area contributed by atoms with Crippen molar-refractivity contribution >= 4 is 6.29 Å². The summed E-state index contributed by atoms with van der Waals surface area (Å²) in [7, 11) is 0. The van der Waals surface area contributed by atoms with Crippen LogP contribution in [0.15, 0.2) is 23.8 Å². The van der Waals surface area contributed by atoms with Gasteiger partial charge in [-0.15, -0.1) is 0 Å². The van der Waals surface area contributed by atoms with Crippen LogP contribution in [0, 0.1) is 0 Å². The van der Waals surface area contributed by atoms with Gasteiger partial charge in [-0.05, 0) is 6.08 Å². The van der Waals surface area contributed by atoms with E-state index in [-0.39, 0.29) is 0 Å². The SMILES string of the molecule is O=CC1=CC(O)C(O)C=C1. The van der Waals surface area contributed by atoms with Crippen LogP contribution in [0.3, 0.4) is 0 Å². The highest BCUT2D eigenvalue weighted by Gasteiger charge is 2.14. The zero-order valence-electron chi connectivity index (χ0n) is 5.27. The number of aliphatic hydroxyl groups is 2. The summed E-state index contributed by atoms with van der Waals surface area (Å²) in [6.45, 7) is 0. The van der Waals surface area contributed by atoms with Gasteiger partial charge < -0.3 is 10.2 Å². The average Bonchev–Trinajstić information content (AvgIpc) is 1.95. The van der Waals surface area contributed by atoms with Crippen molar-refractivity contribution in [3.63, 3.8) is 0 Å². The first kappa shape index (κ1) is 7.18. The molecule has 54 valence electrons. The van der Waals surface area contributed by atoms with E-state index >= 15 is 0 Å². The maximum absolute atomic E-state index is 10.1. The van der Waals surface area contributed by atoms with Crippen molar-refractivity contribution in [1.82, 2.24) is 0 Å².